The summed E-state index contributed by atoms with van der Waals surface area (Å²) in [5.41, 5.74) is 6.01. The molecule has 0 spiro atoms. The van der Waals surface area contributed by atoms with Gasteiger partial charge in [-0.1, -0.05) is 30.3 Å². The van der Waals surface area contributed by atoms with Gasteiger partial charge in [0.25, 0.3) is 5.91 Å². The molecule has 1 aliphatic heterocycles. The minimum Gasteiger partial charge on any atom is -0.445 e. The number of ether oxygens (including phenoxy) is 2. The molecular formula is C17H17NO4. The van der Waals surface area contributed by atoms with Crippen molar-refractivity contribution >= 4 is 22.6 Å². The SMILES string of the molecule is Cc1ccc(C(=O)O[C@H](C(N)=O)C2(C)CO2)c2ccccc12. The lowest BCUT2D eigenvalue weighted by atomic mass is 10.00. The third-order valence-electron chi connectivity index (χ3n) is 4.00. The molecular weight excluding hydrogens is 282 g/mol. The van der Waals surface area contributed by atoms with E-state index in [2.05, 4.69) is 0 Å². The van der Waals surface area contributed by atoms with Crippen LogP contribution in [0.5, 0.6) is 0 Å². The van der Waals surface area contributed by atoms with Gasteiger partial charge in [-0.05, 0) is 36.2 Å². The number of rotatable bonds is 4. The minimum absolute atomic E-state index is 0.350. The fraction of sp³-hybridized carbons (Fsp3) is 0.294. The molecule has 0 aromatic heterocycles. The molecule has 1 fully saturated rings. The molecule has 0 bridgehead atoms. The Kier molecular flexibility index (Phi) is 3.37. The predicted molar refractivity (Wildman–Crippen MR) is 81.4 cm³/mol. The van der Waals surface area contributed by atoms with Crippen LogP contribution in [-0.4, -0.2) is 30.2 Å². The topological polar surface area (TPSA) is 81.9 Å². The summed E-state index contributed by atoms with van der Waals surface area (Å²) >= 11 is 0. The Hall–Kier alpha value is -2.40. The second-order valence-corrected chi connectivity index (χ2v) is 5.76. The summed E-state index contributed by atoms with van der Waals surface area (Å²) in [4.78, 5) is 24.0. The van der Waals surface area contributed by atoms with Gasteiger partial charge in [-0.15, -0.1) is 0 Å². The third kappa shape index (κ3) is 2.44. The second-order valence-electron chi connectivity index (χ2n) is 5.76. The van der Waals surface area contributed by atoms with Crippen LogP contribution < -0.4 is 5.73 Å². The van der Waals surface area contributed by atoms with E-state index in [0.717, 1.165) is 16.3 Å². The summed E-state index contributed by atoms with van der Waals surface area (Å²) in [6.07, 6.45) is -1.08. The largest absolute Gasteiger partial charge is 0.445 e. The lowest BCUT2D eigenvalue weighted by Gasteiger charge is -2.18. The van der Waals surface area contributed by atoms with Crippen LogP contribution in [0.4, 0.5) is 0 Å². The molecule has 5 heteroatoms. The van der Waals surface area contributed by atoms with Crippen LogP contribution in [-0.2, 0) is 14.3 Å². The van der Waals surface area contributed by atoms with Gasteiger partial charge < -0.3 is 15.2 Å². The molecule has 1 unspecified atom stereocenters. The number of primary amides is 1. The van der Waals surface area contributed by atoms with Crippen LogP contribution in [0.3, 0.4) is 0 Å². The molecule has 22 heavy (non-hydrogen) atoms. The molecule has 2 N–H and O–H groups in total. The fourth-order valence-corrected chi connectivity index (χ4v) is 2.55. The van der Waals surface area contributed by atoms with Gasteiger partial charge in [-0.2, -0.15) is 0 Å². The molecule has 3 rings (SSSR count). The monoisotopic (exact) mass is 299 g/mol. The smallest absolute Gasteiger partial charge is 0.339 e. The molecule has 5 nitrogen and oxygen atoms in total. The van der Waals surface area contributed by atoms with Crippen molar-refractivity contribution in [3.63, 3.8) is 0 Å². The van der Waals surface area contributed by atoms with Crippen molar-refractivity contribution in [1.29, 1.82) is 0 Å². The van der Waals surface area contributed by atoms with Crippen molar-refractivity contribution in [1.82, 2.24) is 0 Å². The minimum atomic E-state index is -1.08. The summed E-state index contributed by atoms with van der Waals surface area (Å²) in [5, 5.41) is 1.76. The zero-order valence-corrected chi connectivity index (χ0v) is 12.5. The molecule has 114 valence electrons. The van der Waals surface area contributed by atoms with Gasteiger partial charge in [0.05, 0.1) is 12.2 Å². The van der Waals surface area contributed by atoms with Crippen LogP contribution in [0.2, 0.25) is 0 Å². The summed E-state index contributed by atoms with van der Waals surface area (Å²) < 4.78 is 10.5. The standard InChI is InChI=1S/C17H17NO4/c1-10-7-8-13(12-6-4-3-5-11(10)12)16(20)22-14(15(18)19)17(2)9-21-17/h3-8,14H,9H2,1-2H3,(H2,18,19)/t14-,17?/m1/s1. The summed E-state index contributed by atoms with van der Waals surface area (Å²) in [6, 6.07) is 11.1. The zero-order chi connectivity index (χ0) is 15.9. The van der Waals surface area contributed by atoms with Crippen molar-refractivity contribution in [2.75, 3.05) is 6.61 Å². The van der Waals surface area contributed by atoms with Gasteiger partial charge in [0.2, 0.25) is 6.10 Å². The Morgan fingerprint density at radius 1 is 1.23 bits per heavy atom. The number of carbonyl (C=O) groups is 2. The van der Waals surface area contributed by atoms with Crippen LogP contribution >= 0.6 is 0 Å². The summed E-state index contributed by atoms with van der Waals surface area (Å²) in [5.74, 6) is -1.28. The number of nitrogens with two attached hydrogens (primary N) is 1. The van der Waals surface area contributed by atoms with Crippen molar-refractivity contribution < 1.29 is 19.1 Å². The molecule has 1 heterocycles. The lowest BCUT2D eigenvalue weighted by molar-refractivity contribution is -0.129. The summed E-state index contributed by atoms with van der Waals surface area (Å²) in [6.45, 7) is 4.02. The second kappa shape index (κ2) is 5.10. The van der Waals surface area contributed by atoms with Crippen molar-refractivity contribution in [2.45, 2.75) is 25.6 Å². The lowest BCUT2D eigenvalue weighted by Crippen LogP contribution is -2.43. The Bertz CT molecular complexity index is 764. The van der Waals surface area contributed by atoms with E-state index in [1.165, 1.54) is 0 Å². The molecule has 1 amide bonds. The van der Waals surface area contributed by atoms with E-state index >= 15 is 0 Å². The Balaban J connectivity index is 1.96. The van der Waals surface area contributed by atoms with E-state index in [0.29, 0.717) is 12.2 Å². The first-order valence-corrected chi connectivity index (χ1v) is 7.05. The van der Waals surface area contributed by atoms with Gasteiger partial charge in [-0.3, -0.25) is 4.79 Å². The average molecular weight is 299 g/mol. The van der Waals surface area contributed by atoms with Gasteiger partial charge in [0.15, 0.2) is 0 Å². The first-order valence-electron chi connectivity index (χ1n) is 7.05. The maximum atomic E-state index is 12.5. The maximum Gasteiger partial charge on any atom is 0.339 e. The van der Waals surface area contributed by atoms with Gasteiger partial charge in [0, 0.05) is 0 Å². The van der Waals surface area contributed by atoms with E-state index in [9.17, 15) is 9.59 Å². The molecule has 1 saturated heterocycles. The molecule has 2 atom stereocenters. The third-order valence-corrected chi connectivity index (χ3v) is 4.00. The number of hydrogen-bond donors (Lipinski definition) is 1. The van der Waals surface area contributed by atoms with E-state index in [1.807, 2.05) is 37.3 Å². The molecule has 1 aliphatic rings. The first kappa shape index (κ1) is 14.5. The predicted octanol–water partition coefficient (Wildman–Crippen LogP) is 1.95. The number of hydrogen-bond acceptors (Lipinski definition) is 4. The van der Waals surface area contributed by atoms with Crippen LogP contribution in [0, 0.1) is 6.92 Å². The highest BCUT2D eigenvalue weighted by Crippen LogP contribution is 2.33. The van der Waals surface area contributed by atoms with Crippen LogP contribution in [0.25, 0.3) is 10.8 Å². The van der Waals surface area contributed by atoms with E-state index in [1.54, 1.807) is 13.0 Å². The number of amides is 1. The van der Waals surface area contributed by atoms with E-state index < -0.39 is 23.6 Å². The Morgan fingerprint density at radius 2 is 1.86 bits per heavy atom. The molecule has 0 aliphatic carbocycles. The number of carbonyl (C=O) groups excluding carboxylic acids is 2. The van der Waals surface area contributed by atoms with Gasteiger partial charge in [-0.25, -0.2) is 4.79 Å². The van der Waals surface area contributed by atoms with Crippen LogP contribution in [0.15, 0.2) is 36.4 Å². The summed E-state index contributed by atoms with van der Waals surface area (Å²) in [7, 11) is 0. The van der Waals surface area contributed by atoms with Gasteiger partial charge >= 0.3 is 5.97 Å². The molecule has 2 aromatic rings. The zero-order valence-electron chi connectivity index (χ0n) is 12.5. The normalized spacial score (nSPS) is 21.4. The highest BCUT2D eigenvalue weighted by molar-refractivity contribution is 6.06. The van der Waals surface area contributed by atoms with Crippen molar-refractivity contribution in [3.05, 3.63) is 47.5 Å². The highest BCUT2D eigenvalue weighted by atomic mass is 16.6. The highest BCUT2D eigenvalue weighted by Gasteiger charge is 2.52. The number of aryl methyl sites for hydroxylation is 1. The van der Waals surface area contributed by atoms with Crippen molar-refractivity contribution in [2.24, 2.45) is 5.73 Å². The maximum absolute atomic E-state index is 12.5. The van der Waals surface area contributed by atoms with Gasteiger partial charge in [0.1, 0.15) is 5.60 Å². The molecule has 2 aromatic carbocycles. The van der Waals surface area contributed by atoms with Crippen molar-refractivity contribution in [3.8, 4) is 0 Å². The Morgan fingerprint density at radius 3 is 2.45 bits per heavy atom. The van der Waals surface area contributed by atoms with E-state index in [-0.39, 0.29) is 0 Å². The average Bonchev–Trinajstić information content (AvgIpc) is 3.23. The molecule has 0 saturated carbocycles. The number of fused-ring (bicyclic) bond motifs is 1. The number of epoxide rings is 1. The number of benzene rings is 2. The number of esters is 1. The Labute approximate surface area is 128 Å². The van der Waals surface area contributed by atoms with E-state index in [4.69, 9.17) is 15.2 Å². The quantitative estimate of drug-likeness (QED) is 0.691. The van der Waals surface area contributed by atoms with Crippen LogP contribution in [0.1, 0.15) is 22.8 Å². The first-order chi connectivity index (χ1) is 10.4. The molecule has 0 radical (unpaired) electrons. The fourth-order valence-electron chi connectivity index (χ4n) is 2.55.